The van der Waals surface area contributed by atoms with E-state index in [1.54, 1.807) is 0 Å². The third kappa shape index (κ3) is 2.85. The Hall–Kier alpha value is -2.36. The molecule has 0 aliphatic heterocycles. The fourth-order valence-electron chi connectivity index (χ4n) is 1.14. The van der Waals surface area contributed by atoms with Crippen LogP contribution in [0.1, 0.15) is 20.2 Å². The summed E-state index contributed by atoms with van der Waals surface area (Å²) in [6.07, 6.45) is 2.67. The van der Waals surface area contributed by atoms with Gasteiger partial charge < -0.3 is 10.4 Å². The molecule has 9 nitrogen and oxygen atoms in total. The molecule has 0 aliphatic rings. The quantitative estimate of drug-likeness (QED) is 0.731. The Kier molecular flexibility index (Phi) is 3.57. The Balaban J connectivity index is 1.81. The lowest BCUT2D eigenvalue weighted by Crippen LogP contribution is -2.26. The van der Waals surface area contributed by atoms with E-state index in [4.69, 9.17) is 5.11 Å². The fourth-order valence-corrected chi connectivity index (χ4v) is 1.58. The van der Waals surface area contributed by atoms with Gasteiger partial charge in [-0.15, -0.1) is 10.2 Å². The van der Waals surface area contributed by atoms with Crippen molar-refractivity contribution in [2.75, 3.05) is 6.54 Å². The maximum absolute atomic E-state index is 11.5. The number of hydrogen-bond acceptors (Lipinski definition) is 7. The van der Waals surface area contributed by atoms with Crippen molar-refractivity contribution >= 4 is 23.4 Å². The standard InChI is InChI=1S/C8H8N6O3S/c15-7(6-3-10-13-18-6)9-1-2-14-4-5(8(16)17)11-12-14/h3-4H,1-2H2,(H,9,15)(H,16,17). The van der Waals surface area contributed by atoms with Crippen LogP contribution in [0.15, 0.2) is 12.4 Å². The van der Waals surface area contributed by atoms with E-state index in [0.29, 0.717) is 18.0 Å². The average molecular weight is 268 g/mol. The van der Waals surface area contributed by atoms with Crippen LogP contribution in [0.4, 0.5) is 0 Å². The molecular weight excluding hydrogens is 260 g/mol. The molecule has 2 rings (SSSR count). The SMILES string of the molecule is O=C(O)c1cn(CCNC(=O)c2cnns2)nn1. The maximum Gasteiger partial charge on any atom is 0.358 e. The van der Waals surface area contributed by atoms with Gasteiger partial charge in [-0.05, 0) is 11.5 Å². The number of nitrogens with one attached hydrogen (secondary N) is 1. The van der Waals surface area contributed by atoms with Gasteiger partial charge in [0.25, 0.3) is 5.91 Å². The van der Waals surface area contributed by atoms with E-state index in [1.165, 1.54) is 17.1 Å². The average Bonchev–Trinajstić information content (AvgIpc) is 3.00. The topological polar surface area (TPSA) is 123 Å². The van der Waals surface area contributed by atoms with Crippen molar-refractivity contribution in [1.82, 2.24) is 29.9 Å². The molecule has 0 aliphatic carbocycles. The monoisotopic (exact) mass is 268 g/mol. The lowest BCUT2D eigenvalue weighted by molar-refractivity contribution is 0.0690. The van der Waals surface area contributed by atoms with Crippen molar-refractivity contribution in [3.8, 4) is 0 Å². The number of amides is 1. The molecule has 18 heavy (non-hydrogen) atoms. The molecule has 2 aromatic heterocycles. The first-order valence-electron chi connectivity index (χ1n) is 4.86. The van der Waals surface area contributed by atoms with Crippen LogP contribution in [0.5, 0.6) is 0 Å². The molecule has 0 saturated heterocycles. The molecule has 0 atom stereocenters. The summed E-state index contributed by atoms with van der Waals surface area (Å²) in [5.74, 6) is -1.41. The third-order valence-electron chi connectivity index (χ3n) is 1.97. The minimum Gasteiger partial charge on any atom is -0.476 e. The Morgan fingerprint density at radius 2 is 2.33 bits per heavy atom. The maximum atomic E-state index is 11.5. The summed E-state index contributed by atoms with van der Waals surface area (Å²) in [7, 11) is 0. The zero-order valence-electron chi connectivity index (χ0n) is 8.98. The van der Waals surface area contributed by atoms with Gasteiger partial charge in [-0.2, -0.15) is 0 Å². The van der Waals surface area contributed by atoms with Gasteiger partial charge in [0, 0.05) is 6.54 Å². The summed E-state index contributed by atoms with van der Waals surface area (Å²) in [5, 5.41) is 21.9. The van der Waals surface area contributed by atoms with Crippen LogP contribution in [-0.4, -0.2) is 48.1 Å². The number of carboxylic acids is 1. The molecular formula is C8H8N6O3S. The van der Waals surface area contributed by atoms with Gasteiger partial charge in [0.05, 0.1) is 18.9 Å². The number of aromatic carboxylic acids is 1. The van der Waals surface area contributed by atoms with Crippen LogP contribution in [0, 0.1) is 0 Å². The molecule has 1 amide bonds. The summed E-state index contributed by atoms with van der Waals surface area (Å²) in [4.78, 5) is 22.5. The van der Waals surface area contributed by atoms with Gasteiger partial charge in [-0.25, -0.2) is 9.48 Å². The number of aromatic nitrogens is 5. The van der Waals surface area contributed by atoms with Crippen molar-refractivity contribution in [1.29, 1.82) is 0 Å². The predicted molar refractivity (Wildman–Crippen MR) is 59.2 cm³/mol. The Morgan fingerprint density at radius 1 is 1.50 bits per heavy atom. The van der Waals surface area contributed by atoms with Crippen molar-refractivity contribution in [2.24, 2.45) is 0 Å². The molecule has 2 N–H and O–H groups in total. The highest BCUT2D eigenvalue weighted by molar-refractivity contribution is 7.07. The van der Waals surface area contributed by atoms with E-state index in [0.717, 1.165) is 11.5 Å². The normalized spacial score (nSPS) is 10.2. The van der Waals surface area contributed by atoms with E-state index in [-0.39, 0.29) is 11.6 Å². The largest absolute Gasteiger partial charge is 0.476 e. The van der Waals surface area contributed by atoms with Crippen LogP contribution in [0.3, 0.4) is 0 Å². The van der Waals surface area contributed by atoms with E-state index in [1.807, 2.05) is 0 Å². The third-order valence-corrected chi connectivity index (χ3v) is 2.63. The van der Waals surface area contributed by atoms with Crippen LogP contribution >= 0.6 is 11.5 Å². The molecule has 0 unspecified atom stereocenters. The minimum atomic E-state index is -1.14. The number of hydrogen-bond donors (Lipinski definition) is 2. The Labute approximate surface area is 105 Å². The van der Waals surface area contributed by atoms with E-state index < -0.39 is 5.97 Å². The Bertz CT molecular complexity index is 551. The zero-order valence-corrected chi connectivity index (χ0v) is 9.79. The minimum absolute atomic E-state index is 0.131. The highest BCUT2D eigenvalue weighted by Gasteiger charge is 2.09. The smallest absolute Gasteiger partial charge is 0.358 e. The van der Waals surface area contributed by atoms with Crippen molar-refractivity contribution in [2.45, 2.75) is 6.54 Å². The number of carboxylic acid groups (broad SMARTS) is 1. The second kappa shape index (κ2) is 5.31. The molecule has 94 valence electrons. The van der Waals surface area contributed by atoms with E-state index in [9.17, 15) is 9.59 Å². The summed E-state index contributed by atoms with van der Waals surface area (Å²) < 4.78 is 4.91. The van der Waals surface area contributed by atoms with E-state index in [2.05, 4.69) is 25.2 Å². The molecule has 0 radical (unpaired) electrons. The second-order valence-electron chi connectivity index (χ2n) is 3.21. The summed E-state index contributed by atoms with van der Waals surface area (Å²) in [6.45, 7) is 0.636. The molecule has 0 fully saturated rings. The first kappa shape index (κ1) is 12.1. The van der Waals surface area contributed by atoms with Crippen LogP contribution in [0.2, 0.25) is 0 Å². The number of rotatable bonds is 5. The zero-order chi connectivity index (χ0) is 13.0. The molecule has 2 heterocycles. The van der Waals surface area contributed by atoms with Crippen molar-refractivity contribution in [3.63, 3.8) is 0 Å². The number of carbonyl (C=O) groups is 2. The highest BCUT2D eigenvalue weighted by atomic mass is 32.1. The Morgan fingerprint density at radius 3 is 2.94 bits per heavy atom. The van der Waals surface area contributed by atoms with Gasteiger partial charge in [0.2, 0.25) is 0 Å². The van der Waals surface area contributed by atoms with Gasteiger partial charge in [0.15, 0.2) is 5.69 Å². The molecule has 0 bridgehead atoms. The molecule has 0 aromatic carbocycles. The number of carbonyl (C=O) groups excluding carboxylic acids is 1. The van der Waals surface area contributed by atoms with Gasteiger partial charge in [-0.1, -0.05) is 9.70 Å². The predicted octanol–water partition coefficient (Wildman–Crippen LogP) is -0.742. The molecule has 0 spiro atoms. The summed E-state index contributed by atoms with van der Waals surface area (Å²) in [5.41, 5.74) is -0.131. The van der Waals surface area contributed by atoms with E-state index >= 15 is 0 Å². The van der Waals surface area contributed by atoms with Crippen LogP contribution in [-0.2, 0) is 6.54 Å². The van der Waals surface area contributed by atoms with Crippen LogP contribution in [0.25, 0.3) is 0 Å². The lowest BCUT2D eigenvalue weighted by Gasteiger charge is -2.01. The summed E-state index contributed by atoms with van der Waals surface area (Å²) >= 11 is 1.000. The highest BCUT2D eigenvalue weighted by Crippen LogP contribution is 2.00. The molecule has 10 heteroatoms. The first-order valence-corrected chi connectivity index (χ1v) is 5.63. The second-order valence-corrected chi connectivity index (χ2v) is 4.00. The van der Waals surface area contributed by atoms with Gasteiger partial charge in [0.1, 0.15) is 4.88 Å². The first-order chi connectivity index (χ1) is 8.66. The molecule has 2 aromatic rings. The van der Waals surface area contributed by atoms with Crippen LogP contribution < -0.4 is 5.32 Å². The fraction of sp³-hybridized carbons (Fsp3) is 0.250. The number of nitrogens with zero attached hydrogens (tertiary/aromatic N) is 5. The van der Waals surface area contributed by atoms with Gasteiger partial charge >= 0.3 is 5.97 Å². The lowest BCUT2D eigenvalue weighted by atomic mass is 10.5. The van der Waals surface area contributed by atoms with Gasteiger partial charge in [-0.3, -0.25) is 4.79 Å². The summed E-state index contributed by atoms with van der Waals surface area (Å²) in [6, 6.07) is 0. The molecule has 0 saturated carbocycles. The van der Waals surface area contributed by atoms with Crippen molar-refractivity contribution < 1.29 is 14.7 Å². The van der Waals surface area contributed by atoms with Crippen molar-refractivity contribution in [3.05, 3.63) is 23.0 Å².